The van der Waals surface area contributed by atoms with Crippen molar-refractivity contribution >= 4 is 18.1 Å². The van der Waals surface area contributed by atoms with Gasteiger partial charge in [0.15, 0.2) is 0 Å². The smallest absolute Gasteiger partial charge is 0.338 e. The van der Waals surface area contributed by atoms with Gasteiger partial charge in [0.1, 0.15) is 5.75 Å². The zero-order valence-corrected chi connectivity index (χ0v) is 16.3. The zero-order chi connectivity index (χ0) is 19.9. The number of carbonyl (C=O) groups excluding carboxylic acids is 1. The molecule has 0 saturated heterocycles. The van der Waals surface area contributed by atoms with Crippen molar-refractivity contribution in [3.8, 4) is 16.9 Å². The molecule has 0 bridgehead atoms. The topological polar surface area (TPSA) is 26.3 Å². The minimum atomic E-state index is -0.410. The van der Waals surface area contributed by atoms with Gasteiger partial charge in [0.2, 0.25) is 0 Å². The Kier molecular flexibility index (Phi) is 6.23. The van der Waals surface area contributed by atoms with Crippen LogP contribution in [0.2, 0.25) is 0 Å². The van der Waals surface area contributed by atoms with Crippen LogP contribution in [0.1, 0.15) is 30.5 Å². The molecule has 0 radical (unpaired) electrons. The Balaban J connectivity index is 1.65. The predicted molar refractivity (Wildman–Crippen MR) is 117 cm³/mol. The summed E-state index contributed by atoms with van der Waals surface area (Å²) in [6, 6.07) is 24.6. The predicted octanol–water partition coefficient (Wildman–Crippen LogP) is 6.57. The number of aryl methyl sites for hydroxylation is 1. The van der Waals surface area contributed by atoms with E-state index in [2.05, 4.69) is 68.1 Å². The van der Waals surface area contributed by atoms with Gasteiger partial charge < -0.3 is 4.74 Å². The van der Waals surface area contributed by atoms with E-state index in [4.69, 9.17) is 4.74 Å². The van der Waals surface area contributed by atoms with Gasteiger partial charge in [-0.1, -0.05) is 86.3 Å². The number of hydrogen-bond donors (Lipinski definition) is 0. The van der Waals surface area contributed by atoms with Crippen LogP contribution < -0.4 is 4.74 Å². The molecular weight excluding hydrogens is 344 g/mol. The first-order valence-electron chi connectivity index (χ1n) is 9.40. The highest BCUT2D eigenvalue weighted by atomic mass is 16.5. The van der Waals surface area contributed by atoms with Crippen molar-refractivity contribution in [2.75, 3.05) is 0 Å². The summed E-state index contributed by atoms with van der Waals surface area (Å²) in [5.41, 5.74) is 6.34. The number of benzene rings is 3. The molecular formula is C26H24O2. The minimum absolute atomic E-state index is 0.383. The molecule has 0 aliphatic carbocycles. The van der Waals surface area contributed by atoms with Crippen LogP contribution in [0, 0.1) is 0 Å². The van der Waals surface area contributed by atoms with Gasteiger partial charge in [0, 0.05) is 5.57 Å². The molecule has 0 aliphatic rings. The molecule has 0 spiro atoms. The van der Waals surface area contributed by atoms with Crippen LogP contribution in [0.3, 0.4) is 0 Å². The van der Waals surface area contributed by atoms with Crippen LogP contribution >= 0.6 is 0 Å². The van der Waals surface area contributed by atoms with Crippen LogP contribution in [0.4, 0.5) is 0 Å². The monoisotopic (exact) mass is 368 g/mol. The third kappa shape index (κ3) is 5.08. The van der Waals surface area contributed by atoms with Gasteiger partial charge in [-0.25, -0.2) is 4.79 Å². The second-order valence-electron chi connectivity index (χ2n) is 6.74. The lowest BCUT2D eigenvalue weighted by Gasteiger charge is -2.04. The molecule has 0 unspecified atom stereocenters. The standard InChI is InChI=1S/C26H24O2/c1-4-20-7-13-23(14-8-20)24-15-9-21(10-16-24)5-6-22-11-17-25(18-12-22)28-26(27)19(2)3/h5-18H,2,4H2,1,3H3. The molecule has 0 amide bonds. The molecule has 0 atom stereocenters. The van der Waals surface area contributed by atoms with Gasteiger partial charge in [-0.2, -0.15) is 0 Å². The second-order valence-corrected chi connectivity index (χ2v) is 6.74. The molecule has 3 aromatic rings. The van der Waals surface area contributed by atoms with E-state index >= 15 is 0 Å². The summed E-state index contributed by atoms with van der Waals surface area (Å²) >= 11 is 0. The number of esters is 1. The maximum atomic E-state index is 11.5. The lowest BCUT2D eigenvalue weighted by Crippen LogP contribution is -2.07. The Hall–Kier alpha value is -3.39. The molecule has 3 aromatic carbocycles. The third-order valence-electron chi connectivity index (χ3n) is 4.51. The van der Waals surface area contributed by atoms with Crippen molar-refractivity contribution in [2.45, 2.75) is 20.3 Å². The van der Waals surface area contributed by atoms with E-state index in [9.17, 15) is 4.79 Å². The van der Waals surface area contributed by atoms with Crippen LogP contribution in [-0.2, 0) is 11.2 Å². The summed E-state index contributed by atoms with van der Waals surface area (Å²) in [6.45, 7) is 7.37. The highest BCUT2D eigenvalue weighted by molar-refractivity contribution is 5.88. The van der Waals surface area contributed by atoms with E-state index in [1.165, 1.54) is 16.7 Å². The van der Waals surface area contributed by atoms with Gasteiger partial charge in [0.05, 0.1) is 0 Å². The van der Waals surface area contributed by atoms with E-state index < -0.39 is 5.97 Å². The number of hydrogen-bond acceptors (Lipinski definition) is 2. The first-order chi connectivity index (χ1) is 13.5. The fourth-order valence-electron chi connectivity index (χ4n) is 2.75. The first-order valence-corrected chi connectivity index (χ1v) is 9.40. The van der Waals surface area contributed by atoms with Gasteiger partial charge in [-0.05, 0) is 53.3 Å². The van der Waals surface area contributed by atoms with Crippen LogP contribution in [-0.4, -0.2) is 5.97 Å². The summed E-state index contributed by atoms with van der Waals surface area (Å²) in [7, 11) is 0. The summed E-state index contributed by atoms with van der Waals surface area (Å²) < 4.78 is 5.20. The van der Waals surface area contributed by atoms with Crippen LogP contribution in [0.25, 0.3) is 23.3 Å². The van der Waals surface area contributed by atoms with E-state index in [0.29, 0.717) is 11.3 Å². The van der Waals surface area contributed by atoms with Gasteiger partial charge in [-0.15, -0.1) is 0 Å². The Morgan fingerprint density at radius 1 is 0.821 bits per heavy atom. The summed E-state index contributed by atoms with van der Waals surface area (Å²) in [5, 5.41) is 0. The van der Waals surface area contributed by atoms with Crippen molar-refractivity contribution in [3.63, 3.8) is 0 Å². The molecule has 0 N–H and O–H groups in total. The first kappa shape index (κ1) is 19.4. The van der Waals surface area contributed by atoms with Crippen molar-refractivity contribution < 1.29 is 9.53 Å². The molecule has 0 heterocycles. The normalized spacial score (nSPS) is 10.8. The quantitative estimate of drug-likeness (QED) is 0.213. The number of rotatable bonds is 6. The fourth-order valence-corrected chi connectivity index (χ4v) is 2.75. The molecule has 140 valence electrons. The number of carbonyl (C=O) groups is 1. The Morgan fingerprint density at radius 3 is 1.75 bits per heavy atom. The molecule has 2 nitrogen and oxygen atoms in total. The Labute approximate surface area is 166 Å². The molecule has 2 heteroatoms. The second kappa shape index (κ2) is 9.01. The third-order valence-corrected chi connectivity index (χ3v) is 4.51. The van der Waals surface area contributed by atoms with E-state index in [1.807, 2.05) is 18.2 Å². The molecule has 0 saturated carbocycles. The maximum absolute atomic E-state index is 11.5. The average Bonchev–Trinajstić information content (AvgIpc) is 2.73. The van der Waals surface area contributed by atoms with Crippen LogP contribution in [0.5, 0.6) is 5.75 Å². The zero-order valence-electron chi connectivity index (χ0n) is 16.3. The molecule has 0 aromatic heterocycles. The maximum Gasteiger partial charge on any atom is 0.338 e. The summed E-state index contributed by atoms with van der Waals surface area (Å²) in [4.78, 5) is 11.5. The van der Waals surface area contributed by atoms with E-state index in [0.717, 1.165) is 17.5 Å². The van der Waals surface area contributed by atoms with E-state index in [-0.39, 0.29) is 0 Å². The van der Waals surface area contributed by atoms with Crippen molar-refractivity contribution in [1.82, 2.24) is 0 Å². The van der Waals surface area contributed by atoms with Crippen molar-refractivity contribution in [2.24, 2.45) is 0 Å². The highest BCUT2D eigenvalue weighted by Gasteiger charge is 2.04. The van der Waals surface area contributed by atoms with Gasteiger partial charge in [0.25, 0.3) is 0 Å². The molecule has 0 aliphatic heterocycles. The van der Waals surface area contributed by atoms with Crippen LogP contribution in [0.15, 0.2) is 84.9 Å². The lowest BCUT2D eigenvalue weighted by atomic mass is 10.0. The van der Waals surface area contributed by atoms with Crippen molar-refractivity contribution in [1.29, 1.82) is 0 Å². The SMILES string of the molecule is C=C(C)C(=O)Oc1ccc(C=Cc2ccc(-c3ccc(CC)cc3)cc2)cc1. The molecule has 0 fully saturated rings. The van der Waals surface area contributed by atoms with Gasteiger partial charge >= 0.3 is 5.97 Å². The Morgan fingerprint density at radius 2 is 1.29 bits per heavy atom. The van der Waals surface area contributed by atoms with E-state index in [1.54, 1.807) is 19.1 Å². The highest BCUT2D eigenvalue weighted by Crippen LogP contribution is 2.22. The minimum Gasteiger partial charge on any atom is -0.423 e. The van der Waals surface area contributed by atoms with Crippen molar-refractivity contribution in [3.05, 3.63) is 102 Å². The summed E-state index contributed by atoms with van der Waals surface area (Å²) in [5.74, 6) is 0.108. The van der Waals surface area contributed by atoms with Gasteiger partial charge in [-0.3, -0.25) is 0 Å². The summed E-state index contributed by atoms with van der Waals surface area (Å²) in [6.07, 6.45) is 5.16. The average molecular weight is 368 g/mol. The molecule has 3 rings (SSSR count). The lowest BCUT2D eigenvalue weighted by molar-refractivity contribution is -0.130. The Bertz CT molecular complexity index is 976. The number of ether oxygens (including phenoxy) is 1. The fraction of sp³-hybridized carbons (Fsp3) is 0.115. The molecule has 28 heavy (non-hydrogen) atoms. The largest absolute Gasteiger partial charge is 0.423 e.